The number of benzene rings is 1. The van der Waals surface area contributed by atoms with Gasteiger partial charge in [-0.2, -0.15) is 0 Å². The molecule has 2 aromatic rings. The molecule has 0 aliphatic carbocycles. The Morgan fingerprint density at radius 3 is 2.82 bits per heavy atom. The minimum absolute atomic E-state index is 0.102. The van der Waals surface area contributed by atoms with Crippen molar-refractivity contribution >= 4 is 27.9 Å². The average molecular weight is 244 g/mol. The molecule has 0 spiro atoms. The summed E-state index contributed by atoms with van der Waals surface area (Å²) in [6.45, 7) is 0. The van der Waals surface area contributed by atoms with Gasteiger partial charge in [0, 0.05) is 17.5 Å². The lowest BCUT2D eigenvalue weighted by Gasteiger charge is -2.17. The number of hydrogen-bond acceptors (Lipinski definition) is 3. The van der Waals surface area contributed by atoms with Crippen LogP contribution < -0.4 is 11.1 Å². The quantitative estimate of drug-likeness (QED) is 0.810. The van der Waals surface area contributed by atoms with E-state index in [2.05, 4.69) is 16.8 Å². The number of thiophene rings is 1. The first-order valence-corrected chi connectivity index (χ1v) is 6.37. The first-order valence-electron chi connectivity index (χ1n) is 5.49. The van der Waals surface area contributed by atoms with Crippen molar-refractivity contribution in [2.45, 2.75) is 12.8 Å². The lowest BCUT2D eigenvalue weighted by Crippen LogP contribution is -2.18. The summed E-state index contributed by atoms with van der Waals surface area (Å²) in [5.74, 6) is 0.102. The van der Waals surface area contributed by atoms with E-state index in [-0.39, 0.29) is 5.91 Å². The molecule has 3 N–H and O–H groups in total. The second-order valence-electron chi connectivity index (χ2n) is 4.16. The number of hydrogen-bond donors (Lipinski definition) is 2. The number of carbonyl (C=O) groups is 1. The Bertz CT molecular complexity index is 589. The zero-order valence-electron chi connectivity index (χ0n) is 9.19. The third-order valence-corrected chi connectivity index (χ3v) is 3.72. The van der Waals surface area contributed by atoms with Crippen LogP contribution >= 0.6 is 11.3 Å². The van der Waals surface area contributed by atoms with Gasteiger partial charge in [0.2, 0.25) is 5.91 Å². The molecule has 0 saturated heterocycles. The van der Waals surface area contributed by atoms with Gasteiger partial charge in [0.25, 0.3) is 0 Å². The van der Waals surface area contributed by atoms with Crippen LogP contribution in [0, 0.1) is 0 Å². The molecule has 3 nitrogen and oxygen atoms in total. The van der Waals surface area contributed by atoms with Gasteiger partial charge in [0.15, 0.2) is 0 Å². The molecule has 2 heterocycles. The summed E-state index contributed by atoms with van der Waals surface area (Å²) >= 11 is 1.55. The Morgan fingerprint density at radius 1 is 1.18 bits per heavy atom. The van der Waals surface area contributed by atoms with Gasteiger partial charge in [-0.05, 0) is 41.3 Å². The molecule has 1 amide bonds. The normalized spacial score (nSPS) is 14.2. The SMILES string of the molecule is Nc1cc(-c2ccc3c(c2)CCC(=O)N3)cs1. The van der Waals surface area contributed by atoms with Crippen molar-refractivity contribution in [3.8, 4) is 11.1 Å². The summed E-state index contributed by atoms with van der Waals surface area (Å²) < 4.78 is 0. The highest BCUT2D eigenvalue weighted by Crippen LogP contribution is 2.31. The maximum atomic E-state index is 11.3. The highest BCUT2D eigenvalue weighted by atomic mass is 32.1. The zero-order chi connectivity index (χ0) is 11.8. The predicted octanol–water partition coefficient (Wildman–Crippen LogP) is 2.88. The standard InChI is InChI=1S/C13H12N2OS/c14-12-6-10(7-17-12)8-1-3-11-9(5-8)2-4-13(16)15-11/h1,3,5-7H,2,4,14H2,(H,15,16). The van der Waals surface area contributed by atoms with Crippen molar-refractivity contribution in [3.63, 3.8) is 0 Å². The van der Waals surface area contributed by atoms with Gasteiger partial charge in [-0.15, -0.1) is 11.3 Å². The van der Waals surface area contributed by atoms with Gasteiger partial charge >= 0.3 is 0 Å². The fourth-order valence-corrected chi connectivity index (χ4v) is 2.73. The second-order valence-corrected chi connectivity index (χ2v) is 5.10. The third-order valence-electron chi connectivity index (χ3n) is 2.95. The zero-order valence-corrected chi connectivity index (χ0v) is 10.0. The van der Waals surface area contributed by atoms with E-state index in [9.17, 15) is 4.79 Å². The summed E-state index contributed by atoms with van der Waals surface area (Å²) in [7, 11) is 0. The molecule has 86 valence electrons. The van der Waals surface area contributed by atoms with Crippen LogP contribution in [-0.2, 0) is 11.2 Å². The van der Waals surface area contributed by atoms with Crippen LogP contribution in [0.3, 0.4) is 0 Å². The molecule has 0 radical (unpaired) electrons. The monoisotopic (exact) mass is 244 g/mol. The summed E-state index contributed by atoms with van der Waals surface area (Å²) in [4.78, 5) is 11.3. The molecule has 1 aromatic carbocycles. The van der Waals surface area contributed by atoms with E-state index < -0.39 is 0 Å². The van der Waals surface area contributed by atoms with Crippen LogP contribution in [0.15, 0.2) is 29.6 Å². The van der Waals surface area contributed by atoms with E-state index in [1.54, 1.807) is 11.3 Å². The number of aryl methyl sites for hydroxylation is 1. The van der Waals surface area contributed by atoms with E-state index in [1.165, 1.54) is 5.56 Å². The van der Waals surface area contributed by atoms with Crippen LogP contribution in [-0.4, -0.2) is 5.91 Å². The molecule has 0 saturated carbocycles. The fourth-order valence-electron chi connectivity index (χ4n) is 2.07. The first-order chi connectivity index (χ1) is 8.22. The highest BCUT2D eigenvalue weighted by molar-refractivity contribution is 7.14. The molecule has 0 unspecified atom stereocenters. The summed E-state index contributed by atoms with van der Waals surface area (Å²) in [5.41, 5.74) is 10.2. The number of nitrogens with one attached hydrogen (secondary N) is 1. The Kier molecular flexibility index (Phi) is 2.37. The van der Waals surface area contributed by atoms with Gasteiger partial charge in [-0.3, -0.25) is 4.79 Å². The smallest absolute Gasteiger partial charge is 0.224 e. The molecule has 1 aliphatic heterocycles. The van der Waals surface area contributed by atoms with Gasteiger partial charge in [-0.25, -0.2) is 0 Å². The van der Waals surface area contributed by atoms with E-state index >= 15 is 0 Å². The van der Waals surface area contributed by atoms with Gasteiger partial charge in [0.05, 0.1) is 5.00 Å². The first kappa shape index (κ1) is 10.4. The van der Waals surface area contributed by atoms with E-state index in [4.69, 9.17) is 5.73 Å². The Labute approximate surface area is 103 Å². The molecule has 0 fully saturated rings. The maximum absolute atomic E-state index is 11.3. The number of carbonyl (C=O) groups excluding carboxylic acids is 1. The molecule has 1 aromatic heterocycles. The van der Waals surface area contributed by atoms with Crippen molar-refractivity contribution in [3.05, 3.63) is 35.2 Å². The summed E-state index contributed by atoms with van der Waals surface area (Å²) in [5, 5.41) is 5.76. The minimum Gasteiger partial charge on any atom is -0.391 e. The van der Waals surface area contributed by atoms with E-state index in [1.807, 2.05) is 18.2 Å². The molecule has 3 rings (SSSR count). The van der Waals surface area contributed by atoms with Crippen molar-refractivity contribution in [2.24, 2.45) is 0 Å². The molecule has 0 bridgehead atoms. The Morgan fingerprint density at radius 2 is 2.06 bits per heavy atom. The number of rotatable bonds is 1. The summed E-state index contributed by atoms with van der Waals surface area (Å²) in [6, 6.07) is 8.10. The molecule has 0 atom stereocenters. The van der Waals surface area contributed by atoms with Crippen LogP contribution in [0.25, 0.3) is 11.1 Å². The lowest BCUT2D eigenvalue weighted by atomic mass is 9.98. The van der Waals surface area contributed by atoms with E-state index in [0.717, 1.165) is 28.2 Å². The molecular weight excluding hydrogens is 232 g/mol. The van der Waals surface area contributed by atoms with Crippen molar-refractivity contribution in [2.75, 3.05) is 11.1 Å². The Hall–Kier alpha value is -1.81. The number of nitrogens with two attached hydrogens (primary N) is 1. The van der Waals surface area contributed by atoms with Crippen molar-refractivity contribution in [1.29, 1.82) is 0 Å². The van der Waals surface area contributed by atoms with Crippen molar-refractivity contribution < 1.29 is 4.79 Å². The van der Waals surface area contributed by atoms with Crippen molar-refractivity contribution in [1.82, 2.24) is 0 Å². The highest BCUT2D eigenvalue weighted by Gasteiger charge is 2.15. The second kappa shape index (κ2) is 3.89. The summed E-state index contributed by atoms with van der Waals surface area (Å²) in [6.07, 6.45) is 1.39. The van der Waals surface area contributed by atoms with Crippen LogP contribution in [0.2, 0.25) is 0 Å². The maximum Gasteiger partial charge on any atom is 0.224 e. The fraction of sp³-hybridized carbons (Fsp3) is 0.154. The molecular formula is C13H12N2OS. The minimum atomic E-state index is 0.102. The van der Waals surface area contributed by atoms with Crippen LogP contribution in [0.5, 0.6) is 0 Å². The third kappa shape index (κ3) is 1.91. The molecule has 4 heteroatoms. The predicted molar refractivity (Wildman–Crippen MR) is 71.1 cm³/mol. The van der Waals surface area contributed by atoms with Gasteiger partial charge < -0.3 is 11.1 Å². The Balaban J connectivity index is 2.01. The van der Waals surface area contributed by atoms with E-state index in [0.29, 0.717) is 6.42 Å². The van der Waals surface area contributed by atoms with Gasteiger partial charge in [0.1, 0.15) is 0 Å². The van der Waals surface area contributed by atoms with Crippen LogP contribution in [0.4, 0.5) is 10.7 Å². The number of nitrogen functional groups attached to an aromatic ring is 1. The van der Waals surface area contributed by atoms with Crippen LogP contribution in [0.1, 0.15) is 12.0 Å². The molecule has 1 aliphatic rings. The topological polar surface area (TPSA) is 55.1 Å². The lowest BCUT2D eigenvalue weighted by molar-refractivity contribution is -0.116. The number of amides is 1. The number of anilines is 2. The number of fused-ring (bicyclic) bond motifs is 1. The van der Waals surface area contributed by atoms with Gasteiger partial charge in [-0.1, -0.05) is 6.07 Å². The largest absolute Gasteiger partial charge is 0.391 e. The molecule has 17 heavy (non-hydrogen) atoms. The average Bonchev–Trinajstić information content (AvgIpc) is 2.75.